The summed E-state index contributed by atoms with van der Waals surface area (Å²) >= 11 is 0. The second-order valence-electron chi connectivity index (χ2n) is 5.82. The van der Waals surface area contributed by atoms with Crippen molar-refractivity contribution in [3.63, 3.8) is 0 Å². The largest absolute Gasteiger partial charge is 0.482 e. The molecule has 22 heavy (non-hydrogen) atoms. The van der Waals surface area contributed by atoms with Crippen molar-refractivity contribution in [1.82, 2.24) is 0 Å². The maximum atomic E-state index is 12.1. The maximum Gasteiger partial charge on any atom is 0.341 e. The Kier molecular flexibility index (Phi) is 6.89. The molecule has 0 aliphatic heterocycles. The third kappa shape index (κ3) is 5.76. The number of carboxylic acid groups (broad SMARTS) is 1. The molecule has 5 heteroatoms. The van der Waals surface area contributed by atoms with Gasteiger partial charge in [0.2, 0.25) is 5.91 Å². The van der Waals surface area contributed by atoms with Gasteiger partial charge in [0.25, 0.3) is 0 Å². The van der Waals surface area contributed by atoms with Crippen LogP contribution < -0.4 is 10.1 Å². The van der Waals surface area contributed by atoms with Crippen LogP contribution in [0.4, 0.5) is 5.69 Å². The summed E-state index contributed by atoms with van der Waals surface area (Å²) in [4.78, 5) is 22.6. The van der Waals surface area contributed by atoms with Crippen LogP contribution in [0.1, 0.15) is 39.2 Å². The van der Waals surface area contributed by atoms with Gasteiger partial charge in [0.1, 0.15) is 5.75 Å². The summed E-state index contributed by atoms with van der Waals surface area (Å²) in [6, 6.07) is 5.12. The number of carbonyl (C=O) groups is 2. The Labute approximate surface area is 131 Å². The highest BCUT2D eigenvalue weighted by molar-refractivity contribution is 5.91. The van der Waals surface area contributed by atoms with E-state index >= 15 is 0 Å². The molecule has 0 bridgehead atoms. The molecule has 1 rings (SSSR count). The molecule has 5 nitrogen and oxygen atoms in total. The summed E-state index contributed by atoms with van der Waals surface area (Å²) in [5.41, 5.74) is 1.57. The van der Waals surface area contributed by atoms with Crippen LogP contribution in [0.3, 0.4) is 0 Å². The van der Waals surface area contributed by atoms with Crippen molar-refractivity contribution < 1.29 is 19.4 Å². The first kappa shape index (κ1) is 18.0. The van der Waals surface area contributed by atoms with Crippen LogP contribution in [-0.2, 0) is 9.59 Å². The SMILES string of the molecule is CCC(CC(=O)Nc1ccc(OCC(=O)O)cc1C)C(C)C. The van der Waals surface area contributed by atoms with E-state index in [9.17, 15) is 9.59 Å². The maximum absolute atomic E-state index is 12.1. The van der Waals surface area contributed by atoms with Gasteiger partial charge in [0.05, 0.1) is 0 Å². The molecule has 0 aromatic heterocycles. The van der Waals surface area contributed by atoms with Gasteiger partial charge in [0.15, 0.2) is 6.61 Å². The third-order valence-electron chi connectivity index (χ3n) is 3.75. The Morgan fingerprint density at radius 3 is 2.50 bits per heavy atom. The number of carbonyl (C=O) groups excluding carboxylic acids is 1. The lowest BCUT2D eigenvalue weighted by atomic mass is 9.90. The van der Waals surface area contributed by atoms with E-state index in [1.165, 1.54) is 0 Å². The molecule has 0 radical (unpaired) electrons. The van der Waals surface area contributed by atoms with Crippen molar-refractivity contribution in [2.24, 2.45) is 11.8 Å². The summed E-state index contributed by atoms with van der Waals surface area (Å²) in [6.45, 7) is 7.82. The molecular weight excluding hydrogens is 282 g/mol. The fourth-order valence-electron chi connectivity index (χ4n) is 2.30. The number of benzene rings is 1. The van der Waals surface area contributed by atoms with E-state index in [0.29, 0.717) is 24.0 Å². The van der Waals surface area contributed by atoms with Crippen molar-refractivity contribution in [2.75, 3.05) is 11.9 Å². The standard InChI is InChI=1S/C17H25NO4/c1-5-13(11(2)3)9-16(19)18-15-7-6-14(8-12(15)4)22-10-17(20)21/h6-8,11,13H,5,9-10H2,1-4H3,(H,18,19)(H,20,21). The highest BCUT2D eigenvalue weighted by Crippen LogP contribution is 2.23. The fourth-order valence-corrected chi connectivity index (χ4v) is 2.30. The molecule has 1 aromatic carbocycles. The molecule has 1 amide bonds. The number of nitrogens with one attached hydrogen (secondary N) is 1. The normalized spacial score (nSPS) is 12.0. The van der Waals surface area contributed by atoms with Crippen LogP contribution in [0.2, 0.25) is 0 Å². The summed E-state index contributed by atoms with van der Waals surface area (Å²) in [6.07, 6.45) is 1.48. The lowest BCUT2D eigenvalue weighted by molar-refractivity contribution is -0.139. The highest BCUT2D eigenvalue weighted by Gasteiger charge is 2.16. The lowest BCUT2D eigenvalue weighted by Crippen LogP contribution is -2.19. The van der Waals surface area contributed by atoms with Crippen molar-refractivity contribution >= 4 is 17.6 Å². The van der Waals surface area contributed by atoms with Gasteiger partial charge in [-0.3, -0.25) is 4.79 Å². The molecule has 1 atom stereocenters. The Morgan fingerprint density at radius 1 is 1.32 bits per heavy atom. The first-order chi connectivity index (χ1) is 10.3. The molecule has 0 fully saturated rings. The molecule has 0 saturated heterocycles. The van der Waals surface area contributed by atoms with Crippen LogP contribution in [0, 0.1) is 18.8 Å². The fraction of sp³-hybridized carbons (Fsp3) is 0.529. The highest BCUT2D eigenvalue weighted by atomic mass is 16.5. The predicted molar refractivity (Wildman–Crippen MR) is 86.2 cm³/mol. The van der Waals surface area contributed by atoms with Crippen LogP contribution in [0.5, 0.6) is 5.75 Å². The average molecular weight is 307 g/mol. The molecule has 0 spiro atoms. The minimum absolute atomic E-state index is 0.00264. The minimum atomic E-state index is -1.02. The number of ether oxygens (including phenoxy) is 1. The quantitative estimate of drug-likeness (QED) is 0.771. The molecule has 1 aromatic rings. The summed E-state index contributed by atoms with van der Waals surface area (Å²) < 4.78 is 5.11. The van der Waals surface area contributed by atoms with Gasteiger partial charge in [-0.15, -0.1) is 0 Å². The molecular formula is C17H25NO4. The van der Waals surface area contributed by atoms with Crippen LogP contribution in [-0.4, -0.2) is 23.6 Å². The minimum Gasteiger partial charge on any atom is -0.482 e. The Morgan fingerprint density at radius 2 is 2.00 bits per heavy atom. The molecule has 0 heterocycles. The second-order valence-corrected chi connectivity index (χ2v) is 5.82. The van der Waals surface area contributed by atoms with E-state index in [0.717, 1.165) is 17.7 Å². The van der Waals surface area contributed by atoms with Crippen molar-refractivity contribution in [2.45, 2.75) is 40.5 Å². The number of anilines is 1. The van der Waals surface area contributed by atoms with Crippen molar-refractivity contribution in [3.8, 4) is 5.75 Å². The smallest absolute Gasteiger partial charge is 0.341 e. The van der Waals surface area contributed by atoms with E-state index in [4.69, 9.17) is 9.84 Å². The number of amides is 1. The number of hydrogen-bond donors (Lipinski definition) is 2. The zero-order chi connectivity index (χ0) is 16.7. The molecule has 0 aliphatic carbocycles. The van der Waals surface area contributed by atoms with E-state index < -0.39 is 5.97 Å². The number of aliphatic carboxylic acids is 1. The van der Waals surface area contributed by atoms with Crippen molar-refractivity contribution in [3.05, 3.63) is 23.8 Å². The average Bonchev–Trinajstić information content (AvgIpc) is 2.44. The molecule has 0 saturated carbocycles. The summed E-state index contributed by atoms with van der Waals surface area (Å²) in [5, 5.41) is 11.5. The van der Waals surface area contributed by atoms with Gasteiger partial charge in [-0.05, 0) is 42.5 Å². The van der Waals surface area contributed by atoms with Gasteiger partial charge in [-0.2, -0.15) is 0 Å². The van der Waals surface area contributed by atoms with Crippen LogP contribution in [0.15, 0.2) is 18.2 Å². The molecule has 0 aliphatic rings. The second kappa shape index (κ2) is 8.41. The van der Waals surface area contributed by atoms with Crippen molar-refractivity contribution in [1.29, 1.82) is 0 Å². The van der Waals surface area contributed by atoms with Gasteiger partial charge in [0, 0.05) is 12.1 Å². The van der Waals surface area contributed by atoms with Crippen LogP contribution >= 0.6 is 0 Å². The van der Waals surface area contributed by atoms with Gasteiger partial charge < -0.3 is 15.2 Å². The number of carboxylic acids is 1. The lowest BCUT2D eigenvalue weighted by Gasteiger charge is -2.19. The zero-order valence-electron chi connectivity index (χ0n) is 13.7. The monoisotopic (exact) mass is 307 g/mol. The molecule has 1 unspecified atom stereocenters. The van der Waals surface area contributed by atoms with Crippen LogP contribution in [0.25, 0.3) is 0 Å². The number of hydrogen-bond acceptors (Lipinski definition) is 3. The summed E-state index contributed by atoms with van der Waals surface area (Å²) in [7, 11) is 0. The topological polar surface area (TPSA) is 75.6 Å². The zero-order valence-corrected chi connectivity index (χ0v) is 13.7. The van der Waals surface area contributed by atoms with Gasteiger partial charge in [-0.25, -0.2) is 4.79 Å². The first-order valence-electron chi connectivity index (χ1n) is 7.58. The summed E-state index contributed by atoms with van der Waals surface area (Å²) in [5.74, 6) is 0.311. The number of aryl methyl sites for hydroxylation is 1. The Hall–Kier alpha value is -2.04. The van der Waals surface area contributed by atoms with E-state index in [2.05, 4.69) is 26.1 Å². The third-order valence-corrected chi connectivity index (χ3v) is 3.75. The predicted octanol–water partition coefficient (Wildman–Crippen LogP) is 3.47. The van der Waals surface area contributed by atoms with E-state index in [1.54, 1.807) is 18.2 Å². The van der Waals surface area contributed by atoms with E-state index in [-0.39, 0.29) is 12.5 Å². The van der Waals surface area contributed by atoms with E-state index in [1.807, 2.05) is 6.92 Å². The Bertz CT molecular complexity index is 525. The van der Waals surface area contributed by atoms with Gasteiger partial charge in [-0.1, -0.05) is 27.2 Å². The Balaban J connectivity index is 2.65. The number of rotatable bonds is 8. The van der Waals surface area contributed by atoms with Gasteiger partial charge >= 0.3 is 5.97 Å². The molecule has 122 valence electrons. The first-order valence-corrected chi connectivity index (χ1v) is 7.58. The molecule has 2 N–H and O–H groups in total.